The largest absolute Gasteiger partial charge is 0.497 e. The van der Waals surface area contributed by atoms with Crippen molar-refractivity contribution in [2.45, 2.75) is 26.7 Å². The van der Waals surface area contributed by atoms with Crippen LogP contribution in [-0.2, 0) is 11.2 Å². The summed E-state index contributed by atoms with van der Waals surface area (Å²) in [5.74, 6) is 2.30. The molecule has 0 fully saturated rings. The van der Waals surface area contributed by atoms with Gasteiger partial charge in [0.25, 0.3) is 0 Å². The van der Waals surface area contributed by atoms with E-state index in [0.29, 0.717) is 35.3 Å². The molecule has 0 saturated heterocycles. The first kappa shape index (κ1) is 19.5. The molecule has 3 rings (SSSR count). The van der Waals surface area contributed by atoms with E-state index in [9.17, 15) is 4.79 Å². The van der Waals surface area contributed by atoms with Crippen molar-refractivity contribution in [3.8, 4) is 22.8 Å². The van der Waals surface area contributed by atoms with E-state index in [1.807, 2.05) is 6.07 Å². The van der Waals surface area contributed by atoms with E-state index in [4.69, 9.17) is 13.9 Å². The highest BCUT2D eigenvalue weighted by Crippen LogP contribution is 2.29. The Morgan fingerprint density at radius 1 is 1.07 bits per heavy atom. The molecular weight excluding hydrogens is 356 g/mol. The first-order chi connectivity index (χ1) is 13.5. The number of aryl methyl sites for hydroxylation is 3. The van der Waals surface area contributed by atoms with Gasteiger partial charge in [0, 0.05) is 24.5 Å². The number of ether oxygens (including phenoxy) is 2. The minimum atomic E-state index is -0.144. The van der Waals surface area contributed by atoms with Crippen molar-refractivity contribution in [2.24, 2.45) is 0 Å². The third-order valence-corrected chi connectivity index (χ3v) is 4.59. The fraction of sp³-hybridized carbons (Fsp3) is 0.273. The van der Waals surface area contributed by atoms with E-state index in [2.05, 4.69) is 36.3 Å². The predicted molar refractivity (Wildman–Crippen MR) is 108 cm³/mol. The van der Waals surface area contributed by atoms with Gasteiger partial charge < -0.3 is 19.2 Å². The molecule has 146 valence electrons. The summed E-state index contributed by atoms with van der Waals surface area (Å²) in [4.78, 5) is 16.6. The highest BCUT2D eigenvalue weighted by molar-refractivity contribution is 5.92. The monoisotopic (exact) mass is 380 g/mol. The summed E-state index contributed by atoms with van der Waals surface area (Å²) in [7, 11) is 3.13. The lowest BCUT2D eigenvalue weighted by molar-refractivity contribution is -0.116. The van der Waals surface area contributed by atoms with Crippen molar-refractivity contribution in [1.29, 1.82) is 0 Å². The molecule has 1 amide bonds. The van der Waals surface area contributed by atoms with Gasteiger partial charge in [0.1, 0.15) is 11.5 Å². The van der Waals surface area contributed by atoms with Gasteiger partial charge in [-0.3, -0.25) is 4.79 Å². The number of benzene rings is 2. The first-order valence-electron chi connectivity index (χ1n) is 9.04. The number of methoxy groups -OCH3 is 2. The molecule has 1 N–H and O–H groups in total. The molecule has 3 aromatic rings. The summed E-state index contributed by atoms with van der Waals surface area (Å²) in [5.41, 5.74) is 4.00. The Hall–Kier alpha value is -3.28. The SMILES string of the molecule is COc1ccc(NC(=O)CCc2ncc(-c3ccc(C)c(C)c3)o2)c(OC)c1. The van der Waals surface area contributed by atoms with Crippen LogP contribution in [0.5, 0.6) is 11.5 Å². The molecule has 1 aromatic heterocycles. The number of rotatable bonds is 7. The van der Waals surface area contributed by atoms with Crippen molar-refractivity contribution < 1.29 is 18.7 Å². The van der Waals surface area contributed by atoms with Gasteiger partial charge in [-0.25, -0.2) is 4.98 Å². The number of nitrogens with zero attached hydrogens (tertiary/aromatic N) is 1. The van der Waals surface area contributed by atoms with Crippen LogP contribution in [0.4, 0.5) is 5.69 Å². The summed E-state index contributed by atoms with van der Waals surface area (Å²) in [6.45, 7) is 4.13. The number of aromatic nitrogens is 1. The molecule has 0 aliphatic carbocycles. The molecule has 0 aliphatic heterocycles. The zero-order valence-corrected chi connectivity index (χ0v) is 16.5. The van der Waals surface area contributed by atoms with E-state index >= 15 is 0 Å². The summed E-state index contributed by atoms with van der Waals surface area (Å²) in [6, 6.07) is 11.4. The number of hydrogen-bond donors (Lipinski definition) is 1. The zero-order chi connectivity index (χ0) is 20.1. The van der Waals surface area contributed by atoms with E-state index in [0.717, 1.165) is 5.56 Å². The number of carbonyl (C=O) groups excluding carboxylic acids is 1. The van der Waals surface area contributed by atoms with Crippen LogP contribution in [0.25, 0.3) is 11.3 Å². The molecule has 0 radical (unpaired) electrons. The fourth-order valence-electron chi connectivity index (χ4n) is 2.79. The number of amides is 1. The molecule has 1 heterocycles. The Kier molecular flexibility index (Phi) is 5.99. The third-order valence-electron chi connectivity index (χ3n) is 4.59. The third kappa shape index (κ3) is 4.52. The van der Waals surface area contributed by atoms with Crippen molar-refractivity contribution in [3.63, 3.8) is 0 Å². The average Bonchev–Trinajstić information content (AvgIpc) is 3.18. The Bertz CT molecular complexity index is 978. The maximum atomic E-state index is 12.3. The number of hydrogen-bond acceptors (Lipinski definition) is 5. The molecule has 0 spiro atoms. The van der Waals surface area contributed by atoms with Crippen molar-refractivity contribution >= 4 is 11.6 Å². The van der Waals surface area contributed by atoms with Gasteiger partial charge in [-0.15, -0.1) is 0 Å². The Morgan fingerprint density at radius 3 is 2.61 bits per heavy atom. The quantitative estimate of drug-likeness (QED) is 0.651. The minimum absolute atomic E-state index is 0.144. The van der Waals surface area contributed by atoms with Crippen LogP contribution in [0.1, 0.15) is 23.4 Å². The van der Waals surface area contributed by atoms with Crippen LogP contribution < -0.4 is 14.8 Å². The van der Waals surface area contributed by atoms with Crippen LogP contribution in [0.2, 0.25) is 0 Å². The van der Waals surface area contributed by atoms with Crippen LogP contribution in [0, 0.1) is 13.8 Å². The summed E-state index contributed by atoms with van der Waals surface area (Å²) in [5, 5.41) is 2.85. The molecule has 0 saturated carbocycles. The molecule has 0 atom stereocenters. The second-order valence-electron chi connectivity index (χ2n) is 6.53. The van der Waals surface area contributed by atoms with Crippen LogP contribution in [0.3, 0.4) is 0 Å². The molecule has 6 nitrogen and oxygen atoms in total. The van der Waals surface area contributed by atoms with Crippen LogP contribution in [0.15, 0.2) is 47.0 Å². The standard InChI is InChI=1S/C22H24N2O4/c1-14-5-6-16(11-15(14)2)20-13-23-22(28-20)10-9-21(25)24-18-8-7-17(26-3)12-19(18)27-4/h5-8,11-13H,9-10H2,1-4H3,(H,24,25). The second kappa shape index (κ2) is 8.61. The van der Waals surface area contributed by atoms with Gasteiger partial charge >= 0.3 is 0 Å². The number of nitrogens with one attached hydrogen (secondary N) is 1. The highest BCUT2D eigenvalue weighted by atomic mass is 16.5. The van der Waals surface area contributed by atoms with Gasteiger partial charge in [-0.2, -0.15) is 0 Å². The molecule has 0 aliphatic rings. The first-order valence-corrected chi connectivity index (χ1v) is 9.04. The van der Waals surface area contributed by atoms with Crippen LogP contribution in [-0.4, -0.2) is 25.1 Å². The van der Waals surface area contributed by atoms with Gasteiger partial charge in [-0.05, 0) is 43.2 Å². The summed E-state index contributed by atoms with van der Waals surface area (Å²) >= 11 is 0. The molecule has 28 heavy (non-hydrogen) atoms. The van der Waals surface area contributed by atoms with Gasteiger partial charge in [0.05, 0.1) is 26.1 Å². The topological polar surface area (TPSA) is 73.6 Å². The van der Waals surface area contributed by atoms with Crippen molar-refractivity contribution in [3.05, 3.63) is 59.6 Å². The van der Waals surface area contributed by atoms with E-state index in [-0.39, 0.29) is 12.3 Å². The number of oxazole rings is 1. The summed E-state index contributed by atoms with van der Waals surface area (Å²) < 4.78 is 16.3. The number of anilines is 1. The van der Waals surface area contributed by atoms with E-state index in [1.165, 1.54) is 11.1 Å². The van der Waals surface area contributed by atoms with E-state index in [1.54, 1.807) is 38.6 Å². The zero-order valence-electron chi connectivity index (χ0n) is 16.5. The average molecular weight is 380 g/mol. The predicted octanol–water partition coefficient (Wildman–Crippen LogP) is 4.55. The minimum Gasteiger partial charge on any atom is -0.497 e. The molecule has 6 heteroatoms. The Morgan fingerprint density at radius 2 is 1.89 bits per heavy atom. The normalized spacial score (nSPS) is 10.6. The van der Waals surface area contributed by atoms with Gasteiger partial charge in [0.2, 0.25) is 5.91 Å². The fourth-order valence-corrected chi connectivity index (χ4v) is 2.79. The Labute approximate surface area is 164 Å². The maximum Gasteiger partial charge on any atom is 0.224 e. The Balaban J connectivity index is 1.61. The molecule has 0 unspecified atom stereocenters. The van der Waals surface area contributed by atoms with Crippen LogP contribution >= 0.6 is 0 Å². The second-order valence-corrected chi connectivity index (χ2v) is 6.53. The molecule has 2 aromatic carbocycles. The van der Waals surface area contributed by atoms with E-state index < -0.39 is 0 Å². The van der Waals surface area contributed by atoms with Crippen molar-refractivity contribution in [1.82, 2.24) is 4.98 Å². The lowest BCUT2D eigenvalue weighted by Gasteiger charge is -2.11. The van der Waals surface area contributed by atoms with Gasteiger partial charge in [-0.1, -0.05) is 12.1 Å². The lowest BCUT2D eigenvalue weighted by Crippen LogP contribution is -2.13. The summed E-state index contributed by atoms with van der Waals surface area (Å²) in [6.07, 6.45) is 2.36. The highest BCUT2D eigenvalue weighted by Gasteiger charge is 2.12. The maximum absolute atomic E-state index is 12.3. The smallest absolute Gasteiger partial charge is 0.224 e. The van der Waals surface area contributed by atoms with Crippen molar-refractivity contribution in [2.75, 3.05) is 19.5 Å². The molecule has 0 bridgehead atoms. The lowest BCUT2D eigenvalue weighted by atomic mass is 10.1. The molecular formula is C22H24N2O4. The van der Waals surface area contributed by atoms with Gasteiger partial charge in [0.15, 0.2) is 11.7 Å². The number of carbonyl (C=O) groups is 1.